The summed E-state index contributed by atoms with van der Waals surface area (Å²) in [6.45, 7) is 3.39. The highest BCUT2D eigenvalue weighted by molar-refractivity contribution is 6.27. The summed E-state index contributed by atoms with van der Waals surface area (Å²) >= 11 is 0. The number of likely N-dealkylation sites (tertiary alicyclic amines) is 1. The first kappa shape index (κ1) is 29.5. The van der Waals surface area contributed by atoms with Gasteiger partial charge in [0.25, 0.3) is 0 Å². The summed E-state index contributed by atoms with van der Waals surface area (Å²) in [6.07, 6.45) is 1.90. The lowest BCUT2D eigenvalue weighted by atomic mass is 9.72. The first-order chi connectivity index (χ1) is 19.9. The van der Waals surface area contributed by atoms with Gasteiger partial charge >= 0.3 is 11.9 Å². The third kappa shape index (κ3) is 8.03. The molecule has 0 aliphatic carbocycles. The molecule has 41 heavy (non-hydrogen) atoms. The summed E-state index contributed by atoms with van der Waals surface area (Å²) in [5.74, 6) is -2.57. The largest absolute Gasteiger partial charge is 0.489 e. The van der Waals surface area contributed by atoms with E-state index in [1.54, 1.807) is 0 Å². The van der Waals surface area contributed by atoms with Gasteiger partial charge in [0.1, 0.15) is 18.0 Å². The average molecular weight is 554 g/mol. The summed E-state index contributed by atoms with van der Waals surface area (Å²) in [7, 11) is 0. The molecule has 0 spiro atoms. The van der Waals surface area contributed by atoms with E-state index >= 15 is 0 Å². The molecule has 1 aliphatic heterocycles. The van der Waals surface area contributed by atoms with Gasteiger partial charge in [0, 0.05) is 6.54 Å². The van der Waals surface area contributed by atoms with E-state index in [2.05, 4.69) is 59.5 Å². The number of rotatable bonds is 8. The lowest BCUT2D eigenvalue weighted by molar-refractivity contribution is -0.159. The molecule has 4 aromatic carbocycles. The molecule has 7 heteroatoms. The zero-order valence-electron chi connectivity index (χ0n) is 22.8. The van der Waals surface area contributed by atoms with E-state index in [0.29, 0.717) is 6.61 Å². The van der Waals surface area contributed by atoms with Gasteiger partial charge in [-0.3, -0.25) is 4.90 Å². The van der Waals surface area contributed by atoms with Crippen molar-refractivity contribution in [2.24, 2.45) is 5.92 Å². The fraction of sp³-hybridized carbons (Fsp3) is 0.235. The van der Waals surface area contributed by atoms with Crippen LogP contribution in [-0.4, -0.2) is 45.2 Å². The number of hydrogen-bond donors (Lipinski definition) is 3. The molecule has 1 fully saturated rings. The van der Waals surface area contributed by atoms with Gasteiger partial charge in [-0.15, -0.1) is 0 Å². The molecule has 1 aliphatic rings. The molecule has 0 unspecified atom stereocenters. The predicted octanol–water partition coefficient (Wildman–Crippen LogP) is 5.57. The summed E-state index contributed by atoms with van der Waals surface area (Å²) in [6, 6.07) is 39.0. The Hall–Kier alpha value is -4.46. The van der Waals surface area contributed by atoms with Crippen LogP contribution in [0, 0.1) is 5.92 Å². The van der Waals surface area contributed by atoms with Crippen molar-refractivity contribution in [3.8, 4) is 5.75 Å². The van der Waals surface area contributed by atoms with Crippen molar-refractivity contribution in [3.05, 3.63) is 138 Å². The highest BCUT2D eigenvalue weighted by Crippen LogP contribution is 2.42. The third-order valence-corrected chi connectivity index (χ3v) is 7.34. The van der Waals surface area contributed by atoms with Gasteiger partial charge < -0.3 is 20.1 Å². The second-order valence-corrected chi connectivity index (χ2v) is 10.1. The van der Waals surface area contributed by atoms with E-state index in [-0.39, 0.29) is 5.92 Å². The monoisotopic (exact) mass is 553 g/mol. The Balaban J connectivity index is 0.000000585. The van der Waals surface area contributed by atoms with Crippen LogP contribution < -0.4 is 4.74 Å². The third-order valence-electron chi connectivity index (χ3n) is 7.34. The predicted molar refractivity (Wildman–Crippen MR) is 156 cm³/mol. The highest BCUT2D eigenvalue weighted by atomic mass is 16.5. The molecular weight excluding hydrogens is 518 g/mol. The van der Waals surface area contributed by atoms with Gasteiger partial charge in [-0.05, 0) is 66.2 Å². The second kappa shape index (κ2) is 14.3. The molecule has 1 saturated heterocycles. The Morgan fingerprint density at radius 2 is 1.20 bits per heavy atom. The maximum absolute atomic E-state index is 12.1. The zero-order chi connectivity index (χ0) is 29.1. The van der Waals surface area contributed by atoms with Gasteiger partial charge in [-0.2, -0.15) is 0 Å². The van der Waals surface area contributed by atoms with Crippen LogP contribution in [-0.2, 0) is 28.3 Å². The quantitative estimate of drug-likeness (QED) is 0.245. The van der Waals surface area contributed by atoms with Crippen molar-refractivity contribution in [1.82, 2.24) is 4.90 Å². The second-order valence-electron chi connectivity index (χ2n) is 10.1. The number of benzene rings is 4. The van der Waals surface area contributed by atoms with E-state index in [1.807, 2.05) is 60.7 Å². The molecule has 1 heterocycles. The smallest absolute Gasteiger partial charge is 0.414 e. The molecular formula is C34H35NO6. The SMILES string of the molecule is O=C(O)C(=O)O.OC(c1ccccc1)(c1ccccc1)C1CCN(Cc2cccc(OCc3ccccc3)c2)CC1. The summed E-state index contributed by atoms with van der Waals surface area (Å²) in [4.78, 5) is 20.7. The minimum Gasteiger partial charge on any atom is -0.489 e. The van der Waals surface area contributed by atoms with Crippen LogP contribution in [0.1, 0.15) is 35.1 Å². The normalized spacial score (nSPS) is 14.0. The number of piperidine rings is 1. The van der Waals surface area contributed by atoms with E-state index in [0.717, 1.165) is 49.4 Å². The Labute approximate surface area is 240 Å². The van der Waals surface area contributed by atoms with Gasteiger partial charge in [-0.1, -0.05) is 103 Å². The molecule has 0 aromatic heterocycles. The molecule has 212 valence electrons. The Bertz CT molecular complexity index is 1340. The number of carboxylic acid groups (broad SMARTS) is 2. The van der Waals surface area contributed by atoms with E-state index < -0.39 is 17.5 Å². The lowest BCUT2D eigenvalue weighted by Gasteiger charge is -2.42. The van der Waals surface area contributed by atoms with Crippen LogP contribution in [0.2, 0.25) is 0 Å². The zero-order valence-corrected chi connectivity index (χ0v) is 22.8. The number of carbonyl (C=O) groups is 2. The molecule has 7 nitrogen and oxygen atoms in total. The van der Waals surface area contributed by atoms with Crippen LogP contribution in [0.3, 0.4) is 0 Å². The summed E-state index contributed by atoms with van der Waals surface area (Å²) < 4.78 is 6.03. The first-order valence-electron chi connectivity index (χ1n) is 13.6. The van der Waals surface area contributed by atoms with Crippen molar-refractivity contribution in [1.29, 1.82) is 0 Å². The molecule has 0 amide bonds. The maximum Gasteiger partial charge on any atom is 0.414 e. The fourth-order valence-electron chi connectivity index (χ4n) is 5.26. The van der Waals surface area contributed by atoms with Crippen LogP contribution in [0.5, 0.6) is 5.75 Å². The summed E-state index contributed by atoms with van der Waals surface area (Å²) in [5, 5.41) is 26.9. The molecule has 0 radical (unpaired) electrons. The minimum absolute atomic E-state index is 0.170. The van der Waals surface area contributed by atoms with E-state index in [1.165, 1.54) is 11.1 Å². The highest BCUT2D eigenvalue weighted by Gasteiger charge is 2.41. The number of carboxylic acids is 2. The van der Waals surface area contributed by atoms with Gasteiger partial charge in [0.15, 0.2) is 0 Å². The standard InChI is InChI=1S/C32H33NO2.C2H2O4/c34-32(28-14-6-2-7-15-28,29-16-8-3-9-17-29)30-19-21-33(22-20-30)24-27-13-10-18-31(23-27)35-25-26-11-4-1-5-12-26;3-1(4)2(5)6/h1-18,23,30,34H,19-22,24-25H2;(H,3,4)(H,5,6). The topological polar surface area (TPSA) is 107 Å². The van der Waals surface area contributed by atoms with Crippen LogP contribution in [0.4, 0.5) is 0 Å². The van der Waals surface area contributed by atoms with Gasteiger partial charge in [-0.25, -0.2) is 9.59 Å². The molecule has 0 bridgehead atoms. The number of nitrogens with zero attached hydrogens (tertiary/aromatic N) is 1. The summed E-state index contributed by atoms with van der Waals surface area (Å²) in [5.41, 5.74) is 3.42. The average Bonchev–Trinajstić information content (AvgIpc) is 3.02. The fourth-order valence-corrected chi connectivity index (χ4v) is 5.26. The minimum atomic E-state index is -1.82. The van der Waals surface area contributed by atoms with Crippen molar-refractivity contribution < 1.29 is 29.6 Å². The van der Waals surface area contributed by atoms with Crippen LogP contribution >= 0.6 is 0 Å². The van der Waals surface area contributed by atoms with Gasteiger partial charge in [0.05, 0.1) is 0 Å². The van der Waals surface area contributed by atoms with E-state index in [4.69, 9.17) is 24.5 Å². The number of hydrogen-bond acceptors (Lipinski definition) is 5. The molecule has 0 saturated carbocycles. The Morgan fingerprint density at radius 1 is 0.707 bits per heavy atom. The van der Waals surface area contributed by atoms with Crippen molar-refractivity contribution in [2.45, 2.75) is 31.6 Å². The molecule has 4 aromatic rings. The molecule has 3 N–H and O–H groups in total. The first-order valence-corrected chi connectivity index (χ1v) is 13.6. The van der Waals surface area contributed by atoms with Crippen molar-refractivity contribution in [3.63, 3.8) is 0 Å². The van der Waals surface area contributed by atoms with Crippen molar-refractivity contribution in [2.75, 3.05) is 13.1 Å². The van der Waals surface area contributed by atoms with Gasteiger partial charge in [0.2, 0.25) is 0 Å². The van der Waals surface area contributed by atoms with Crippen molar-refractivity contribution >= 4 is 11.9 Å². The van der Waals surface area contributed by atoms with Crippen LogP contribution in [0.25, 0.3) is 0 Å². The number of aliphatic carboxylic acids is 2. The van der Waals surface area contributed by atoms with E-state index in [9.17, 15) is 5.11 Å². The molecule has 5 rings (SSSR count). The number of ether oxygens (including phenoxy) is 1. The van der Waals surface area contributed by atoms with Crippen LogP contribution in [0.15, 0.2) is 115 Å². The lowest BCUT2D eigenvalue weighted by Crippen LogP contribution is -2.44. The number of aliphatic hydroxyl groups is 1. The molecule has 0 atom stereocenters. The Morgan fingerprint density at radius 3 is 1.71 bits per heavy atom. The maximum atomic E-state index is 12.1. The Kier molecular flexibility index (Phi) is 10.3.